The molecule has 0 bridgehead atoms. The predicted molar refractivity (Wildman–Crippen MR) is 73.3 cm³/mol. The Bertz CT molecular complexity index is 551. The maximum Gasteiger partial charge on any atom is 0.254 e. The maximum absolute atomic E-state index is 12.2. The standard InChI is InChI=1S/C13H14BrN3O/c1-9-7-10(3-4-11(9)14)13(18)17(2)8-12-15-5-6-16-12/h3-7H,8H2,1-2H3,(H,15,16). The van der Waals surface area contributed by atoms with Crippen molar-refractivity contribution < 1.29 is 4.79 Å². The van der Waals surface area contributed by atoms with Crippen LogP contribution < -0.4 is 0 Å². The average molecular weight is 308 g/mol. The van der Waals surface area contributed by atoms with Crippen LogP contribution in [0.5, 0.6) is 0 Å². The third-order valence-corrected chi connectivity index (χ3v) is 3.58. The van der Waals surface area contributed by atoms with E-state index < -0.39 is 0 Å². The van der Waals surface area contributed by atoms with Crippen molar-refractivity contribution in [1.82, 2.24) is 14.9 Å². The number of amides is 1. The summed E-state index contributed by atoms with van der Waals surface area (Å²) in [5, 5.41) is 0. The van der Waals surface area contributed by atoms with Crippen LogP contribution in [-0.2, 0) is 6.54 Å². The van der Waals surface area contributed by atoms with Crippen LogP contribution in [0, 0.1) is 6.92 Å². The Labute approximate surface area is 114 Å². The first-order valence-corrected chi connectivity index (χ1v) is 6.37. The van der Waals surface area contributed by atoms with Crippen LogP contribution in [0.2, 0.25) is 0 Å². The molecule has 0 aliphatic rings. The van der Waals surface area contributed by atoms with E-state index in [4.69, 9.17) is 0 Å². The van der Waals surface area contributed by atoms with Crippen molar-refractivity contribution in [2.24, 2.45) is 0 Å². The lowest BCUT2D eigenvalue weighted by Crippen LogP contribution is -2.26. The van der Waals surface area contributed by atoms with Gasteiger partial charge in [0, 0.05) is 29.5 Å². The van der Waals surface area contributed by atoms with Crippen LogP contribution in [0.25, 0.3) is 0 Å². The van der Waals surface area contributed by atoms with E-state index in [-0.39, 0.29) is 5.91 Å². The summed E-state index contributed by atoms with van der Waals surface area (Å²) < 4.78 is 1.01. The number of benzene rings is 1. The van der Waals surface area contributed by atoms with E-state index in [0.717, 1.165) is 15.9 Å². The van der Waals surface area contributed by atoms with Gasteiger partial charge in [-0.05, 0) is 30.7 Å². The van der Waals surface area contributed by atoms with Crippen LogP contribution in [0.4, 0.5) is 0 Å². The van der Waals surface area contributed by atoms with Crippen molar-refractivity contribution in [2.75, 3.05) is 7.05 Å². The Balaban J connectivity index is 2.12. The van der Waals surface area contributed by atoms with E-state index in [1.54, 1.807) is 24.3 Å². The SMILES string of the molecule is Cc1cc(C(=O)N(C)Cc2ncc[nH]2)ccc1Br. The van der Waals surface area contributed by atoms with Crippen molar-refractivity contribution in [3.05, 3.63) is 52.0 Å². The molecular formula is C13H14BrN3O. The minimum absolute atomic E-state index is 0.0120. The topological polar surface area (TPSA) is 49.0 Å². The van der Waals surface area contributed by atoms with E-state index in [1.807, 2.05) is 25.1 Å². The third-order valence-electron chi connectivity index (χ3n) is 2.69. The number of aromatic amines is 1. The first-order valence-electron chi connectivity index (χ1n) is 5.58. The lowest BCUT2D eigenvalue weighted by atomic mass is 10.1. The fourth-order valence-corrected chi connectivity index (χ4v) is 1.93. The zero-order chi connectivity index (χ0) is 13.1. The van der Waals surface area contributed by atoms with Gasteiger partial charge in [0.15, 0.2) is 0 Å². The maximum atomic E-state index is 12.2. The quantitative estimate of drug-likeness (QED) is 0.948. The molecule has 1 heterocycles. The van der Waals surface area contributed by atoms with Crippen molar-refractivity contribution in [1.29, 1.82) is 0 Å². The molecular weight excluding hydrogens is 294 g/mol. The highest BCUT2D eigenvalue weighted by atomic mass is 79.9. The first kappa shape index (κ1) is 12.8. The van der Waals surface area contributed by atoms with Crippen LogP contribution in [0.1, 0.15) is 21.7 Å². The molecule has 0 spiro atoms. The van der Waals surface area contributed by atoms with Gasteiger partial charge in [0.2, 0.25) is 0 Å². The van der Waals surface area contributed by atoms with Crippen molar-refractivity contribution in [3.8, 4) is 0 Å². The Morgan fingerprint density at radius 2 is 2.28 bits per heavy atom. The number of imidazole rings is 1. The van der Waals surface area contributed by atoms with Crippen LogP contribution in [0.15, 0.2) is 35.1 Å². The highest BCUT2D eigenvalue weighted by Gasteiger charge is 2.13. The minimum atomic E-state index is -0.0120. The van der Waals surface area contributed by atoms with E-state index in [1.165, 1.54) is 0 Å². The summed E-state index contributed by atoms with van der Waals surface area (Å²) >= 11 is 3.42. The number of rotatable bonds is 3. The first-order chi connectivity index (χ1) is 8.58. The normalized spacial score (nSPS) is 10.4. The number of aromatic nitrogens is 2. The molecule has 0 aliphatic carbocycles. The largest absolute Gasteiger partial charge is 0.347 e. The monoisotopic (exact) mass is 307 g/mol. The number of aryl methyl sites for hydroxylation is 1. The second-order valence-electron chi connectivity index (χ2n) is 4.16. The van der Waals surface area contributed by atoms with Gasteiger partial charge < -0.3 is 9.88 Å². The molecule has 0 radical (unpaired) electrons. The molecule has 18 heavy (non-hydrogen) atoms. The van der Waals surface area contributed by atoms with Gasteiger partial charge in [0.1, 0.15) is 5.82 Å². The number of hydrogen-bond donors (Lipinski definition) is 1. The van der Waals surface area contributed by atoms with Gasteiger partial charge in [-0.15, -0.1) is 0 Å². The molecule has 1 aromatic heterocycles. The van der Waals surface area contributed by atoms with Crippen LogP contribution in [-0.4, -0.2) is 27.8 Å². The highest BCUT2D eigenvalue weighted by Crippen LogP contribution is 2.18. The van der Waals surface area contributed by atoms with E-state index in [0.29, 0.717) is 12.1 Å². The van der Waals surface area contributed by atoms with Crippen molar-refractivity contribution in [2.45, 2.75) is 13.5 Å². The summed E-state index contributed by atoms with van der Waals surface area (Å²) in [6.45, 7) is 2.44. The highest BCUT2D eigenvalue weighted by molar-refractivity contribution is 9.10. The fourth-order valence-electron chi connectivity index (χ4n) is 1.68. The number of carbonyl (C=O) groups excluding carboxylic acids is 1. The lowest BCUT2D eigenvalue weighted by molar-refractivity contribution is 0.0782. The Morgan fingerprint density at radius 1 is 1.50 bits per heavy atom. The molecule has 0 aliphatic heterocycles. The van der Waals surface area contributed by atoms with Gasteiger partial charge in [-0.3, -0.25) is 4.79 Å². The zero-order valence-electron chi connectivity index (χ0n) is 10.3. The summed E-state index contributed by atoms with van der Waals surface area (Å²) in [6.07, 6.45) is 3.43. The van der Waals surface area contributed by atoms with Crippen molar-refractivity contribution in [3.63, 3.8) is 0 Å². The third kappa shape index (κ3) is 2.79. The number of H-pyrrole nitrogens is 1. The van der Waals surface area contributed by atoms with Gasteiger partial charge in [0.05, 0.1) is 6.54 Å². The summed E-state index contributed by atoms with van der Waals surface area (Å²) in [7, 11) is 1.77. The molecule has 2 rings (SSSR count). The number of nitrogens with one attached hydrogen (secondary N) is 1. The fraction of sp³-hybridized carbons (Fsp3) is 0.231. The van der Waals surface area contributed by atoms with Gasteiger partial charge >= 0.3 is 0 Å². The summed E-state index contributed by atoms with van der Waals surface area (Å²) in [5.41, 5.74) is 1.73. The van der Waals surface area contributed by atoms with E-state index in [9.17, 15) is 4.79 Å². The summed E-state index contributed by atoms with van der Waals surface area (Å²) in [4.78, 5) is 20.9. The molecule has 1 N–H and O–H groups in total. The second-order valence-corrected chi connectivity index (χ2v) is 5.02. The number of carbonyl (C=O) groups is 1. The molecule has 0 fully saturated rings. The van der Waals surface area contributed by atoms with Gasteiger partial charge in [0.25, 0.3) is 5.91 Å². The number of nitrogens with zero attached hydrogens (tertiary/aromatic N) is 2. The van der Waals surface area contributed by atoms with Crippen LogP contribution >= 0.6 is 15.9 Å². The smallest absolute Gasteiger partial charge is 0.254 e. The average Bonchev–Trinajstić information content (AvgIpc) is 2.84. The Hall–Kier alpha value is -1.62. The van der Waals surface area contributed by atoms with E-state index in [2.05, 4.69) is 25.9 Å². The van der Waals surface area contributed by atoms with Crippen molar-refractivity contribution >= 4 is 21.8 Å². The number of halogens is 1. The van der Waals surface area contributed by atoms with E-state index >= 15 is 0 Å². The molecule has 0 unspecified atom stereocenters. The molecule has 1 amide bonds. The zero-order valence-corrected chi connectivity index (χ0v) is 11.9. The second kappa shape index (κ2) is 5.35. The molecule has 0 atom stereocenters. The lowest BCUT2D eigenvalue weighted by Gasteiger charge is -2.16. The molecule has 2 aromatic rings. The van der Waals surface area contributed by atoms with Gasteiger partial charge in [-0.25, -0.2) is 4.98 Å². The number of hydrogen-bond acceptors (Lipinski definition) is 2. The van der Waals surface area contributed by atoms with Gasteiger partial charge in [-0.1, -0.05) is 15.9 Å². The van der Waals surface area contributed by atoms with Gasteiger partial charge in [-0.2, -0.15) is 0 Å². The molecule has 1 aromatic carbocycles. The summed E-state index contributed by atoms with van der Waals surface area (Å²) in [6, 6.07) is 5.59. The van der Waals surface area contributed by atoms with Crippen LogP contribution in [0.3, 0.4) is 0 Å². The molecule has 4 nitrogen and oxygen atoms in total. The molecule has 0 saturated carbocycles. The Kier molecular flexibility index (Phi) is 3.81. The molecule has 94 valence electrons. The Morgan fingerprint density at radius 3 is 2.89 bits per heavy atom. The summed E-state index contributed by atoms with van der Waals surface area (Å²) in [5.74, 6) is 0.765. The minimum Gasteiger partial charge on any atom is -0.347 e. The molecule has 0 saturated heterocycles. The molecule has 5 heteroatoms. The predicted octanol–water partition coefficient (Wildman–Crippen LogP) is 2.75.